The molecule has 0 aliphatic rings. The van der Waals surface area contributed by atoms with E-state index in [1.807, 2.05) is 37.3 Å². The molecule has 1 aromatic heterocycles. The molecule has 6 nitrogen and oxygen atoms in total. The number of methoxy groups -OCH3 is 1. The van der Waals surface area contributed by atoms with E-state index in [1.165, 1.54) is 7.11 Å². The maximum absolute atomic E-state index is 12.6. The van der Waals surface area contributed by atoms with Crippen molar-refractivity contribution in [2.24, 2.45) is 0 Å². The Bertz CT molecular complexity index is 709. The van der Waals surface area contributed by atoms with Crippen molar-refractivity contribution < 1.29 is 18.8 Å². The predicted octanol–water partition coefficient (Wildman–Crippen LogP) is 2.99. The maximum Gasteiger partial charge on any atom is 0.306 e. The molecule has 1 atom stereocenters. The molecule has 1 heterocycles. The largest absolute Gasteiger partial charge is 0.469 e. The van der Waals surface area contributed by atoms with Crippen molar-refractivity contribution in [2.75, 3.05) is 19.1 Å². The van der Waals surface area contributed by atoms with Gasteiger partial charge in [-0.25, -0.2) is 0 Å². The van der Waals surface area contributed by atoms with Crippen molar-refractivity contribution in [1.29, 1.82) is 0 Å². The van der Waals surface area contributed by atoms with E-state index < -0.39 is 0 Å². The first-order valence-corrected chi connectivity index (χ1v) is 7.75. The third-order valence-electron chi connectivity index (χ3n) is 4.16. The van der Waals surface area contributed by atoms with Crippen LogP contribution in [0.25, 0.3) is 0 Å². The van der Waals surface area contributed by atoms with E-state index in [2.05, 4.69) is 5.16 Å². The molecule has 0 spiro atoms. The number of rotatable bonds is 6. The first-order chi connectivity index (χ1) is 11.4. The second kappa shape index (κ2) is 7.77. The van der Waals surface area contributed by atoms with Gasteiger partial charge in [0.15, 0.2) is 0 Å². The second-order valence-corrected chi connectivity index (χ2v) is 5.72. The molecule has 0 aliphatic heterocycles. The van der Waals surface area contributed by atoms with Gasteiger partial charge >= 0.3 is 5.97 Å². The molecule has 1 unspecified atom stereocenters. The molecule has 6 heteroatoms. The smallest absolute Gasteiger partial charge is 0.306 e. The Morgan fingerprint density at radius 1 is 1.21 bits per heavy atom. The first kappa shape index (κ1) is 17.7. The highest BCUT2D eigenvalue weighted by molar-refractivity contribution is 5.93. The third kappa shape index (κ3) is 4.01. The van der Waals surface area contributed by atoms with Crippen molar-refractivity contribution in [3.63, 3.8) is 0 Å². The molecule has 0 aliphatic carbocycles. The Labute approximate surface area is 141 Å². The summed E-state index contributed by atoms with van der Waals surface area (Å²) >= 11 is 0. The van der Waals surface area contributed by atoms with Crippen LogP contribution in [0.5, 0.6) is 0 Å². The van der Waals surface area contributed by atoms with E-state index in [0.29, 0.717) is 11.5 Å². The fourth-order valence-electron chi connectivity index (χ4n) is 2.51. The molecule has 24 heavy (non-hydrogen) atoms. The summed E-state index contributed by atoms with van der Waals surface area (Å²) < 4.78 is 9.94. The Hall–Kier alpha value is -2.63. The minimum atomic E-state index is -0.381. The van der Waals surface area contributed by atoms with Gasteiger partial charge in [0.2, 0.25) is 5.91 Å². The molecule has 0 bridgehead atoms. The monoisotopic (exact) mass is 330 g/mol. The highest BCUT2D eigenvalue weighted by atomic mass is 16.5. The molecular weight excluding hydrogens is 308 g/mol. The maximum atomic E-state index is 12.6. The predicted molar refractivity (Wildman–Crippen MR) is 89.8 cm³/mol. The van der Waals surface area contributed by atoms with Crippen LogP contribution >= 0.6 is 0 Å². The number of nitrogens with zero attached hydrogens (tertiary/aromatic N) is 2. The highest BCUT2D eigenvalue weighted by Gasteiger charge is 2.27. The summed E-state index contributed by atoms with van der Waals surface area (Å²) in [7, 11) is 3.05. The van der Waals surface area contributed by atoms with E-state index in [-0.39, 0.29) is 30.6 Å². The molecule has 2 aromatic rings. The van der Waals surface area contributed by atoms with E-state index in [9.17, 15) is 9.59 Å². The number of esters is 1. The van der Waals surface area contributed by atoms with Crippen molar-refractivity contribution in [3.05, 3.63) is 47.3 Å². The van der Waals surface area contributed by atoms with Gasteiger partial charge in [0.25, 0.3) is 0 Å². The Morgan fingerprint density at radius 2 is 1.88 bits per heavy atom. The summed E-state index contributed by atoms with van der Waals surface area (Å²) in [4.78, 5) is 25.9. The summed E-state index contributed by atoms with van der Waals surface area (Å²) in [6.45, 7) is 3.68. The zero-order valence-electron chi connectivity index (χ0n) is 14.4. The van der Waals surface area contributed by atoms with Crippen molar-refractivity contribution in [1.82, 2.24) is 5.16 Å². The fourth-order valence-corrected chi connectivity index (χ4v) is 2.51. The van der Waals surface area contributed by atoms with Crippen LogP contribution in [0.1, 0.15) is 35.8 Å². The van der Waals surface area contributed by atoms with Crippen LogP contribution in [0.3, 0.4) is 0 Å². The van der Waals surface area contributed by atoms with Crippen LogP contribution in [0.15, 0.2) is 34.9 Å². The van der Waals surface area contributed by atoms with E-state index in [1.54, 1.807) is 18.9 Å². The van der Waals surface area contributed by atoms with Gasteiger partial charge < -0.3 is 14.2 Å². The van der Waals surface area contributed by atoms with E-state index in [0.717, 1.165) is 11.3 Å². The van der Waals surface area contributed by atoms with E-state index in [4.69, 9.17) is 9.26 Å². The minimum absolute atomic E-state index is 0.0810. The van der Waals surface area contributed by atoms with Gasteiger partial charge in [-0.2, -0.15) is 0 Å². The van der Waals surface area contributed by atoms with Gasteiger partial charge in [-0.3, -0.25) is 9.59 Å². The lowest BCUT2D eigenvalue weighted by molar-refractivity contribution is -0.141. The molecule has 2 rings (SSSR count). The minimum Gasteiger partial charge on any atom is -0.469 e. The van der Waals surface area contributed by atoms with E-state index >= 15 is 0 Å². The number of hydrogen-bond acceptors (Lipinski definition) is 5. The zero-order chi connectivity index (χ0) is 17.7. The lowest BCUT2D eigenvalue weighted by atomic mass is 9.93. The van der Waals surface area contributed by atoms with Gasteiger partial charge in [0, 0.05) is 30.6 Å². The normalized spacial score (nSPS) is 11.8. The number of ether oxygens (including phenoxy) is 1. The van der Waals surface area contributed by atoms with Crippen molar-refractivity contribution in [2.45, 2.75) is 32.6 Å². The molecule has 0 saturated heterocycles. The number of aromatic nitrogens is 1. The number of benzene rings is 1. The molecule has 0 N–H and O–H groups in total. The molecular formula is C18H22N2O4. The summed E-state index contributed by atoms with van der Waals surface area (Å²) in [5, 5.41) is 4.03. The molecule has 0 radical (unpaired) electrons. The topological polar surface area (TPSA) is 72.6 Å². The van der Waals surface area contributed by atoms with Gasteiger partial charge in [0.1, 0.15) is 5.76 Å². The molecule has 0 fully saturated rings. The number of para-hydroxylation sites is 1. The van der Waals surface area contributed by atoms with Gasteiger partial charge in [-0.05, 0) is 26.0 Å². The summed E-state index contributed by atoms with van der Waals surface area (Å²) in [6, 6.07) is 9.35. The lowest BCUT2D eigenvalue weighted by Crippen LogP contribution is -2.28. The number of amides is 1. The fraction of sp³-hybridized carbons (Fsp3) is 0.389. The molecule has 0 saturated carbocycles. The van der Waals surface area contributed by atoms with Crippen LogP contribution < -0.4 is 4.90 Å². The number of hydrogen-bond donors (Lipinski definition) is 0. The Balaban J connectivity index is 2.20. The first-order valence-electron chi connectivity index (χ1n) is 7.75. The van der Waals surface area contributed by atoms with Gasteiger partial charge in [-0.1, -0.05) is 23.4 Å². The zero-order valence-corrected chi connectivity index (χ0v) is 14.4. The van der Waals surface area contributed by atoms with Crippen molar-refractivity contribution >= 4 is 17.6 Å². The van der Waals surface area contributed by atoms with Gasteiger partial charge in [-0.15, -0.1) is 0 Å². The molecule has 1 aromatic carbocycles. The Kier molecular flexibility index (Phi) is 5.73. The quantitative estimate of drug-likeness (QED) is 0.761. The number of carbonyl (C=O) groups is 2. The average molecular weight is 330 g/mol. The molecule has 128 valence electrons. The SMILES string of the molecule is COC(=O)CC(CC(=O)N(C)c1ccccc1)c1noc(C)c1C. The number of aryl methyl sites for hydroxylation is 1. The van der Waals surface area contributed by atoms with Crippen LogP contribution in [-0.2, 0) is 14.3 Å². The van der Waals surface area contributed by atoms with Crippen LogP contribution in [0.4, 0.5) is 5.69 Å². The third-order valence-corrected chi connectivity index (χ3v) is 4.16. The lowest BCUT2D eigenvalue weighted by Gasteiger charge is -2.20. The van der Waals surface area contributed by atoms with Crippen molar-refractivity contribution in [3.8, 4) is 0 Å². The standard InChI is InChI=1S/C18H22N2O4/c1-12-13(2)24-19-18(12)14(11-17(22)23-4)10-16(21)20(3)15-8-6-5-7-9-15/h5-9,14H,10-11H2,1-4H3. The summed E-state index contributed by atoms with van der Waals surface area (Å²) in [5.74, 6) is -0.178. The number of anilines is 1. The highest BCUT2D eigenvalue weighted by Crippen LogP contribution is 2.29. The van der Waals surface area contributed by atoms with Crippen LogP contribution in [-0.4, -0.2) is 31.2 Å². The second-order valence-electron chi connectivity index (χ2n) is 5.72. The van der Waals surface area contributed by atoms with Gasteiger partial charge in [0.05, 0.1) is 19.2 Å². The molecule has 1 amide bonds. The Morgan fingerprint density at radius 3 is 2.42 bits per heavy atom. The number of carbonyl (C=O) groups excluding carboxylic acids is 2. The average Bonchev–Trinajstić information content (AvgIpc) is 2.93. The van der Waals surface area contributed by atoms with Crippen LogP contribution in [0.2, 0.25) is 0 Å². The summed E-state index contributed by atoms with van der Waals surface area (Å²) in [5.41, 5.74) is 2.29. The summed E-state index contributed by atoms with van der Waals surface area (Å²) in [6.07, 6.45) is 0.227. The van der Waals surface area contributed by atoms with Crippen LogP contribution in [0, 0.1) is 13.8 Å².